The van der Waals surface area contributed by atoms with Crippen LogP contribution in [0.2, 0.25) is 10.0 Å². The summed E-state index contributed by atoms with van der Waals surface area (Å²) in [5.41, 5.74) is 6.51. The van der Waals surface area contributed by atoms with E-state index >= 15 is 0 Å². The molecule has 0 radical (unpaired) electrons. The van der Waals surface area contributed by atoms with E-state index in [2.05, 4.69) is 15.9 Å². The van der Waals surface area contributed by atoms with Crippen molar-refractivity contribution in [1.29, 1.82) is 0 Å². The van der Waals surface area contributed by atoms with Crippen LogP contribution in [0.1, 0.15) is 15.9 Å². The molecule has 110 valence electrons. The summed E-state index contributed by atoms with van der Waals surface area (Å²) in [5, 5.41) is 9.90. The van der Waals surface area contributed by atoms with Crippen molar-refractivity contribution < 1.29 is 14.6 Å². The molecule has 0 unspecified atom stereocenters. The van der Waals surface area contributed by atoms with Crippen molar-refractivity contribution in [3.05, 3.63) is 49.9 Å². The maximum Gasteiger partial charge on any atom is 0.337 e. The predicted octanol–water partition coefficient (Wildman–Crippen LogP) is 5.14. The van der Waals surface area contributed by atoms with Gasteiger partial charge in [-0.2, -0.15) is 0 Å². The molecule has 0 fully saturated rings. The highest BCUT2D eigenvalue weighted by molar-refractivity contribution is 9.10. The molecule has 21 heavy (non-hydrogen) atoms. The molecule has 0 saturated heterocycles. The lowest BCUT2D eigenvalue weighted by Gasteiger charge is -2.12. The topological polar surface area (TPSA) is 72.5 Å². The van der Waals surface area contributed by atoms with E-state index < -0.39 is 5.97 Å². The fourth-order valence-electron chi connectivity index (χ4n) is 1.71. The summed E-state index contributed by atoms with van der Waals surface area (Å²) < 4.78 is 6.26. The minimum atomic E-state index is -1.12. The average molecular weight is 391 g/mol. The lowest BCUT2D eigenvalue weighted by molar-refractivity contribution is 0.0697. The second-order valence-electron chi connectivity index (χ2n) is 4.31. The number of hydrogen-bond acceptors (Lipinski definition) is 3. The fourth-order valence-corrected chi connectivity index (χ4v) is 2.54. The number of carbonyl (C=O) groups is 1. The van der Waals surface area contributed by atoms with Gasteiger partial charge < -0.3 is 15.6 Å². The van der Waals surface area contributed by atoms with Gasteiger partial charge in [0.1, 0.15) is 11.5 Å². The number of halogens is 3. The standard InChI is InChI=1S/C14H10BrCl2NO3/c1-6-2-7(3-8(13(6)18)14(19)20)21-12-5-10(16)9(15)4-11(12)17/h2-5H,18H2,1H3,(H,19,20). The van der Waals surface area contributed by atoms with Gasteiger partial charge in [-0.1, -0.05) is 23.2 Å². The number of aryl methyl sites for hydroxylation is 1. The van der Waals surface area contributed by atoms with Gasteiger partial charge in [0, 0.05) is 16.2 Å². The number of nitrogens with two attached hydrogens (primary N) is 1. The first-order valence-corrected chi connectivity index (χ1v) is 7.30. The van der Waals surface area contributed by atoms with Crippen molar-refractivity contribution in [3.8, 4) is 11.5 Å². The van der Waals surface area contributed by atoms with Crippen LogP contribution in [0.15, 0.2) is 28.7 Å². The third kappa shape index (κ3) is 3.43. The van der Waals surface area contributed by atoms with Gasteiger partial charge in [0.25, 0.3) is 0 Å². The Morgan fingerprint density at radius 1 is 1.24 bits per heavy atom. The van der Waals surface area contributed by atoms with Crippen LogP contribution in [0.3, 0.4) is 0 Å². The maximum atomic E-state index is 11.2. The van der Waals surface area contributed by atoms with Gasteiger partial charge in [-0.25, -0.2) is 4.79 Å². The number of aromatic carboxylic acids is 1. The van der Waals surface area contributed by atoms with E-state index in [1.54, 1.807) is 25.1 Å². The zero-order valence-electron chi connectivity index (χ0n) is 10.8. The highest BCUT2D eigenvalue weighted by Gasteiger charge is 2.14. The van der Waals surface area contributed by atoms with E-state index in [1.165, 1.54) is 6.07 Å². The number of nitrogen functional groups attached to an aromatic ring is 1. The van der Waals surface area contributed by atoms with E-state index in [9.17, 15) is 4.79 Å². The number of anilines is 1. The van der Waals surface area contributed by atoms with E-state index in [0.29, 0.717) is 31.6 Å². The monoisotopic (exact) mass is 389 g/mol. The van der Waals surface area contributed by atoms with E-state index in [0.717, 1.165) is 0 Å². The molecule has 0 aromatic heterocycles. The summed E-state index contributed by atoms with van der Waals surface area (Å²) in [4.78, 5) is 11.2. The molecule has 0 saturated carbocycles. The first-order chi connectivity index (χ1) is 9.79. The van der Waals surface area contributed by atoms with Gasteiger partial charge in [-0.05, 0) is 46.6 Å². The van der Waals surface area contributed by atoms with E-state index in [1.807, 2.05) is 0 Å². The van der Waals surface area contributed by atoms with Crippen molar-refractivity contribution in [2.45, 2.75) is 6.92 Å². The van der Waals surface area contributed by atoms with Crippen LogP contribution >= 0.6 is 39.1 Å². The van der Waals surface area contributed by atoms with Crippen molar-refractivity contribution in [1.82, 2.24) is 0 Å². The summed E-state index contributed by atoms with van der Waals surface area (Å²) in [5.74, 6) is -0.481. The summed E-state index contributed by atoms with van der Waals surface area (Å²) in [6.07, 6.45) is 0. The van der Waals surface area contributed by atoms with Crippen LogP contribution in [-0.4, -0.2) is 11.1 Å². The average Bonchev–Trinajstić information content (AvgIpc) is 2.39. The Kier molecular flexibility index (Phi) is 4.66. The van der Waals surface area contributed by atoms with E-state index in [4.69, 9.17) is 38.8 Å². The quantitative estimate of drug-likeness (QED) is 0.562. The molecule has 0 atom stereocenters. The van der Waals surface area contributed by atoms with Crippen molar-refractivity contribution in [2.75, 3.05) is 5.73 Å². The normalized spacial score (nSPS) is 10.5. The van der Waals surface area contributed by atoms with E-state index in [-0.39, 0.29) is 11.3 Å². The molecule has 2 aromatic rings. The number of carboxylic acids is 1. The molecule has 3 N–H and O–H groups in total. The van der Waals surface area contributed by atoms with Gasteiger partial charge in [0.2, 0.25) is 0 Å². The third-order valence-electron chi connectivity index (χ3n) is 2.79. The Bertz CT molecular complexity index is 735. The molecule has 0 bridgehead atoms. The molecular formula is C14H10BrCl2NO3. The first kappa shape index (κ1) is 15.9. The minimum absolute atomic E-state index is 0.0238. The molecule has 0 aliphatic carbocycles. The first-order valence-electron chi connectivity index (χ1n) is 5.75. The highest BCUT2D eigenvalue weighted by atomic mass is 79.9. The third-order valence-corrected chi connectivity index (χ3v) is 4.29. The summed E-state index contributed by atoms with van der Waals surface area (Å²) in [6.45, 7) is 1.70. The Morgan fingerprint density at radius 2 is 1.90 bits per heavy atom. The van der Waals surface area contributed by atoms with Gasteiger partial charge in [-0.15, -0.1) is 0 Å². The van der Waals surface area contributed by atoms with Crippen LogP contribution < -0.4 is 10.5 Å². The molecule has 4 nitrogen and oxygen atoms in total. The minimum Gasteiger partial charge on any atom is -0.478 e. The Morgan fingerprint density at radius 3 is 2.52 bits per heavy atom. The molecule has 0 spiro atoms. The largest absolute Gasteiger partial charge is 0.478 e. The van der Waals surface area contributed by atoms with Crippen LogP contribution in [0.5, 0.6) is 11.5 Å². The van der Waals surface area contributed by atoms with Crippen molar-refractivity contribution in [2.24, 2.45) is 0 Å². The van der Waals surface area contributed by atoms with Gasteiger partial charge in [0.15, 0.2) is 0 Å². The molecule has 2 rings (SSSR count). The molecule has 7 heteroatoms. The second-order valence-corrected chi connectivity index (χ2v) is 5.97. The van der Waals surface area contributed by atoms with Crippen LogP contribution in [0.4, 0.5) is 5.69 Å². The van der Waals surface area contributed by atoms with Gasteiger partial charge in [0.05, 0.1) is 15.6 Å². The second kappa shape index (κ2) is 6.13. The zero-order chi connectivity index (χ0) is 15.7. The van der Waals surface area contributed by atoms with Gasteiger partial charge in [-0.3, -0.25) is 0 Å². The molecule has 0 aliphatic heterocycles. The maximum absolute atomic E-state index is 11.2. The molecule has 2 aromatic carbocycles. The Balaban J connectivity index is 2.45. The lowest BCUT2D eigenvalue weighted by Crippen LogP contribution is -2.04. The summed E-state index contributed by atoms with van der Waals surface area (Å²) in [7, 11) is 0. The fraction of sp³-hybridized carbons (Fsp3) is 0.0714. The van der Waals surface area contributed by atoms with Crippen LogP contribution in [-0.2, 0) is 0 Å². The van der Waals surface area contributed by atoms with Crippen molar-refractivity contribution >= 4 is 50.8 Å². The summed E-state index contributed by atoms with van der Waals surface area (Å²) in [6, 6.07) is 6.12. The predicted molar refractivity (Wildman–Crippen MR) is 86.8 cm³/mol. The number of ether oxygens (including phenoxy) is 1. The Labute approximate surface area is 139 Å². The number of rotatable bonds is 3. The molecular weight excluding hydrogens is 381 g/mol. The molecule has 0 amide bonds. The lowest BCUT2D eigenvalue weighted by atomic mass is 10.1. The smallest absolute Gasteiger partial charge is 0.337 e. The molecule has 0 aliphatic rings. The SMILES string of the molecule is Cc1cc(Oc2cc(Cl)c(Br)cc2Cl)cc(C(=O)O)c1N. The number of hydrogen-bond donors (Lipinski definition) is 2. The van der Waals surface area contributed by atoms with Crippen molar-refractivity contribution in [3.63, 3.8) is 0 Å². The summed E-state index contributed by atoms with van der Waals surface area (Å²) >= 11 is 15.3. The van der Waals surface area contributed by atoms with Crippen LogP contribution in [0.25, 0.3) is 0 Å². The highest BCUT2D eigenvalue weighted by Crippen LogP contribution is 2.37. The van der Waals surface area contributed by atoms with Crippen LogP contribution in [0, 0.1) is 6.92 Å². The number of benzene rings is 2. The number of carboxylic acid groups (broad SMARTS) is 1. The van der Waals surface area contributed by atoms with Gasteiger partial charge >= 0.3 is 5.97 Å². The Hall–Kier alpha value is -1.43. The zero-order valence-corrected chi connectivity index (χ0v) is 13.9. The molecule has 0 heterocycles.